The van der Waals surface area contributed by atoms with Gasteiger partial charge < -0.3 is 4.57 Å². The van der Waals surface area contributed by atoms with Crippen LogP contribution in [0.4, 0.5) is 0 Å². The molecule has 0 saturated carbocycles. The second kappa shape index (κ2) is 10.3. The molecular weight excluding hydrogens is 621 g/mol. The maximum absolute atomic E-state index is 5.70. The molecule has 3 heterocycles. The summed E-state index contributed by atoms with van der Waals surface area (Å²) in [5.41, 5.74) is 11.0. The molecule has 0 unspecified atom stereocenters. The predicted octanol–water partition coefficient (Wildman–Crippen LogP) is 11.8. The lowest BCUT2D eigenvalue weighted by Crippen LogP contribution is -2.19. The molecule has 4 heteroatoms. The molecule has 7 aromatic carbocycles. The van der Waals surface area contributed by atoms with Crippen LogP contribution < -0.4 is 0 Å². The SMILES string of the molecule is CC1(C)c2ccccc2-c2nc(-c3cccc4c3c3ccccc3n4-c3ccccc3)nc(-n3c4ccccc4c4cc5ccccc5cc43)c21. The van der Waals surface area contributed by atoms with Crippen LogP contribution in [0.15, 0.2) is 158 Å². The molecule has 1 aliphatic rings. The molecule has 3 aromatic heterocycles. The van der Waals surface area contributed by atoms with E-state index in [1.807, 2.05) is 0 Å². The van der Waals surface area contributed by atoms with Crippen LogP contribution >= 0.6 is 0 Å². The van der Waals surface area contributed by atoms with E-state index in [2.05, 4.69) is 181 Å². The van der Waals surface area contributed by atoms with E-state index >= 15 is 0 Å². The summed E-state index contributed by atoms with van der Waals surface area (Å²) in [6.45, 7) is 4.64. The van der Waals surface area contributed by atoms with Gasteiger partial charge in [-0.1, -0.05) is 129 Å². The quantitative estimate of drug-likeness (QED) is 0.190. The van der Waals surface area contributed by atoms with Crippen LogP contribution in [-0.2, 0) is 5.41 Å². The van der Waals surface area contributed by atoms with E-state index in [1.165, 1.54) is 38.1 Å². The highest BCUT2D eigenvalue weighted by molar-refractivity contribution is 6.16. The fourth-order valence-electron chi connectivity index (χ4n) is 8.82. The average molecular weight is 653 g/mol. The van der Waals surface area contributed by atoms with Crippen molar-refractivity contribution in [1.82, 2.24) is 19.1 Å². The lowest BCUT2D eigenvalue weighted by molar-refractivity contribution is 0.650. The van der Waals surface area contributed by atoms with Gasteiger partial charge >= 0.3 is 0 Å². The summed E-state index contributed by atoms with van der Waals surface area (Å²) in [5, 5.41) is 7.22. The van der Waals surface area contributed by atoms with Crippen LogP contribution in [-0.4, -0.2) is 19.1 Å². The van der Waals surface area contributed by atoms with E-state index in [1.54, 1.807) is 0 Å². The highest BCUT2D eigenvalue weighted by Gasteiger charge is 2.41. The van der Waals surface area contributed by atoms with E-state index in [-0.39, 0.29) is 5.41 Å². The van der Waals surface area contributed by atoms with Gasteiger partial charge in [-0.3, -0.25) is 4.57 Å². The molecule has 51 heavy (non-hydrogen) atoms. The monoisotopic (exact) mass is 652 g/mol. The Balaban J connectivity index is 1.30. The minimum absolute atomic E-state index is 0.316. The third kappa shape index (κ3) is 3.85. The zero-order valence-corrected chi connectivity index (χ0v) is 28.3. The first-order valence-electron chi connectivity index (χ1n) is 17.6. The van der Waals surface area contributed by atoms with Gasteiger partial charge in [-0.2, -0.15) is 0 Å². The number of rotatable bonds is 3. The zero-order valence-electron chi connectivity index (χ0n) is 28.3. The third-order valence-electron chi connectivity index (χ3n) is 11.1. The predicted molar refractivity (Wildman–Crippen MR) is 211 cm³/mol. The van der Waals surface area contributed by atoms with E-state index in [9.17, 15) is 0 Å². The molecule has 0 atom stereocenters. The number of fused-ring (bicyclic) bond motifs is 10. The maximum atomic E-state index is 5.70. The topological polar surface area (TPSA) is 35.6 Å². The van der Waals surface area contributed by atoms with Gasteiger partial charge in [-0.15, -0.1) is 0 Å². The van der Waals surface area contributed by atoms with Gasteiger partial charge in [0.25, 0.3) is 0 Å². The van der Waals surface area contributed by atoms with Crippen molar-refractivity contribution < 1.29 is 0 Å². The Bertz CT molecular complexity index is 3050. The molecule has 0 radical (unpaired) electrons. The van der Waals surface area contributed by atoms with Crippen LogP contribution in [0.25, 0.3) is 88.5 Å². The van der Waals surface area contributed by atoms with Gasteiger partial charge in [0.2, 0.25) is 0 Å². The first-order valence-corrected chi connectivity index (χ1v) is 17.6. The summed E-state index contributed by atoms with van der Waals surface area (Å²) in [5.74, 6) is 1.66. The smallest absolute Gasteiger partial charge is 0.162 e. The molecule has 0 amide bonds. The van der Waals surface area contributed by atoms with Crippen molar-refractivity contribution in [2.75, 3.05) is 0 Å². The van der Waals surface area contributed by atoms with Gasteiger partial charge in [-0.05, 0) is 58.8 Å². The summed E-state index contributed by atoms with van der Waals surface area (Å²) in [6.07, 6.45) is 0. The van der Waals surface area contributed by atoms with Gasteiger partial charge in [0.15, 0.2) is 5.82 Å². The molecule has 1 aliphatic carbocycles. The Morgan fingerprint density at radius 2 is 1.10 bits per heavy atom. The van der Waals surface area contributed by atoms with Crippen molar-refractivity contribution in [3.63, 3.8) is 0 Å². The Labute approximate surface area is 294 Å². The van der Waals surface area contributed by atoms with Gasteiger partial charge in [-0.25, -0.2) is 9.97 Å². The summed E-state index contributed by atoms with van der Waals surface area (Å²) < 4.78 is 4.76. The van der Waals surface area contributed by atoms with Crippen molar-refractivity contribution in [3.05, 3.63) is 169 Å². The summed E-state index contributed by atoms with van der Waals surface area (Å²) in [6, 6.07) is 56.7. The van der Waals surface area contributed by atoms with Crippen LogP contribution in [0.1, 0.15) is 25.0 Å². The Hall–Kier alpha value is -6.52. The highest BCUT2D eigenvalue weighted by atomic mass is 15.1. The second-order valence-corrected chi connectivity index (χ2v) is 14.2. The van der Waals surface area contributed by atoms with Crippen molar-refractivity contribution in [2.45, 2.75) is 19.3 Å². The Morgan fingerprint density at radius 1 is 0.471 bits per heavy atom. The molecule has 240 valence electrons. The fraction of sp³-hybridized carbons (Fsp3) is 0.0638. The van der Waals surface area contributed by atoms with Gasteiger partial charge in [0.05, 0.1) is 27.8 Å². The molecule has 10 aromatic rings. The molecule has 0 aliphatic heterocycles. The standard InChI is InChI=1S/C47H32N4/c1-47(2)37-23-11-8-20-33(37)44-43(47)46(51-38-24-12-9-19-32(38)36-27-29-15-6-7-16-30(29)28-41(36)51)49-45(48-44)35-22-14-26-40-42(35)34-21-10-13-25-39(34)50(40)31-17-4-3-5-18-31/h3-28H,1-2H3. The van der Waals surface area contributed by atoms with Crippen LogP contribution in [0, 0.1) is 0 Å². The van der Waals surface area contributed by atoms with E-state index in [0.29, 0.717) is 0 Å². The fourth-order valence-corrected chi connectivity index (χ4v) is 8.82. The molecule has 0 spiro atoms. The van der Waals surface area contributed by atoms with E-state index in [4.69, 9.17) is 9.97 Å². The Morgan fingerprint density at radius 3 is 1.92 bits per heavy atom. The maximum Gasteiger partial charge on any atom is 0.162 e. The second-order valence-electron chi connectivity index (χ2n) is 14.2. The number of para-hydroxylation sites is 3. The molecule has 4 nitrogen and oxygen atoms in total. The minimum atomic E-state index is -0.316. The number of benzene rings is 7. The number of aromatic nitrogens is 4. The van der Waals surface area contributed by atoms with Crippen molar-refractivity contribution >= 4 is 54.4 Å². The van der Waals surface area contributed by atoms with E-state index < -0.39 is 0 Å². The van der Waals surface area contributed by atoms with Crippen molar-refractivity contribution in [2.24, 2.45) is 0 Å². The van der Waals surface area contributed by atoms with Crippen LogP contribution in [0.3, 0.4) is 0 Å². The average Bonchev–Trinajstić information content (AvgIpc) is 3.77. The van der Waals surface area contributed by atoms with E-state index in [0.717, 1.165) is 61.6 Å². The first-order chi connectivity index (χ1) is 25.1. The van der Waals surface area contributed by atoms with Gasteiger partial charge in [0, 0.05) is 49.3 Å². The third-order valence-corrected chi connectivity index (χ3v) is 11.1. The van der Waals surface area contributed by atoms with Crippen molar-refractivity contribution in [3.8, 4) is 34.2 Å². The molecular formula is C47H32N4. The summed E-state index contributed by atoms with van der Waals surface area (Å²) in [7, 11) is 0. The largest absolute Gasteiger partial charge is 0.309 e. The summed E-state index contributed by atoms with van der Waals surface area (Å²) in [4.78, 5) is 11.2. The van der Waals surface area contributed by atoms with Gasteiger partial charge in [0.1, 0.15) is 5.82 Å². The van der Waals surface area contributed by atoms with Crippen LogP contribution in [0.2, 0.25) is 0 Å². The molecule has 0 saturated heterocycles. The normalized spacial score (nSPS) is 13.5. The molecule has 0 fully saturated rings. The number of hydrogen-bond donors (Lipinski definition) is 0. The summed E-state index contributed by atoms with van der Waals surface area (Å²) >= 11 is 0. The highest BCUT2D eigenvalue weighted by Crippen LogP contribution is 2.51. The molecule has 11 rings (SSSR count). The number of hydrogen-bond acceptors (Lipinski definition) is 2. The first kappa shape index (κ1) is 28.3. The van der Waals surface area contributed by atoms with Crippen molar-refractivity contribution in [1.29, 1.82) is 0 Å². The van der Waals surface area contributed by atoms with Crippen LogP contribution in [0.5, 0.6) is 0 Å². The minimum Gasteiger partial charge on any atom is -0.309 e. The Kier molecular flexibility index (Phi) is 5.70. The number of nitrogens with zero attached hydrogens (tertiary/aromatic N) is 4. The lowest BCUT2D eigenvalue weighted by atomic mass is 9.82. The lowest BCUT2D eigenvalue weighted by Gasteiger charge is -2.24. The molecule has 0 N–H and O–H groups in total. The molecule has 0 bridgehead atoms. The zero-order chi connectivity index (χ0) is 33.8.